The first-order valence-electron chi connectivity index (χ1n) is 8.90. The van der Waals surface area contributed by atoms with Crippen LogP contribution < -0.4 is 0 Å². The van der Waals surface area contributed by atoms with Crippen LogP contribution in [0.4, 0.5) is 0 Å². The summed E-state index contributed by atoms with van der Waals surface area (Å²) in [5.41, 5.74) is 0. The number of rotatable bonds is 16. The molecule has 0 aromatic carbocycles. The van der Waals surface area contributed by atoms with E-state index in [0.29, 0.717) is 0 Å². The van der Waals surface area contributed by atoms with E-state index in [1.165, 1.54) is 96.3 Å². The van der Waals surface area contributed by atoms with Gasteiger partial charge in [0.15, 0.2) is 0 Å². The molecule has 0 atom stereocenters. The third-order valence-corrected chi connectivity index (χ3v) is 3.95. The molecule has 0 spiro atoms. The van der Waals surface area contributed by atoms with Gasteiger partial charge in [-0.15, -0.1) is 0 Å². The Morgan fingerprint density at radius 1 is 0.526 bits per heavy atom. The van der Waals surface area contributed by atoms with Crippen LogP contribution in [0.3, 0.4) is 0 Å². The van der Waals surface area contributed by atoms with Gasteiger partial charge in [-0.2, -0.15) is 0 Å². The van der Waals surface area contributed by atoms with Crippen LogP contribution in [0.5, 0.6) is 0 Å². The average Bonchev–Trinajstić information content (AvgIpc) is 2.43. The molecule has 0 unspecified atom stereocenters. The van der Waals surface area contributed by atoms with Crippen LogP contribution >= 0.6 is 0 Å². The maximum Gasteiger partial charge on any atom is -0.00477 e. The van der Waals surface area contributed by atoms with Gasteiger partial charge in [-0.25, -0.2) is 0 Å². The summed E-state index contributed by atoms with van der Waals surface area (Å²) in [7, 11) is 0. The highest BCUT2D eigenvalue weighted by Crippen LogP contribution is 2.13. The van der Waals surface area contributed by atoms with Crippen molar-refractivity contribution in [3.8, 4) is 0 Å². The van der Waals surface area contributed by atoms with Crippen LogP contribution in [0.2, 0.25) is 0 Å². The number of unbranched alkanes of at least 4 members (excludes halogenated alkanes) is 15. The molecule has 0 aliphatic carbocycles. The van der Waals surface area contributed by atoms with Gasteiger partial charge in [-0.1, -0.05) is 96.8 Å². The molecule has 0 fully saturated rings. The van der Waals surface area contributed by atoms with Crippen molar-refractivity contribution in [3.63, 3.8) is 0 Å². The first kappa shape index (κ1) is 18.7. The van der Waals surface area contributed by atoms with Crippen molar-refractivity contribution in [2.75, 3.05) is 0 Å². The minimum absolute atomic E-state index is 0.984. The molecule has 19 heavy (non-hydrogen) atoms. The van der Waals surface area contributed by atoms with Gasteiger partial charge < -0.3 is 5.41 Å². The van der Waals surface area contributed by atoms with E-state index in [1.54, 1.807) is 6.21 Å². The summed E-state index contributed by atoms with van der Waals surface area (Å²) in [5.74, 6) is 0. The van der Waals surface area contributed by atoms with E-state index in [0.717, 1.165) is 6.42 Å². The van der Waals surface area contributed by atoms with Gasteiger partial charge in [0, 0.05) is 0 Å². The molecular formula is C18H37N. The van der Waals surface area contributed by atoms with E-state index in [1.807, 2.05) is 0 Å². The molecule has 0 radical (unpaired) electrons. The van der Waals surface area contributed by atoms with Gasteiger partial charge in [-0.3, -0.25) is 0 Å². The third kappa shape index (κ3) is 17.7. The first-order valence-corrected chi connectivity index (χ1v) is 8.90. The summed E-state index contributed by atoms with van der Waals surface area (Å²) in [6.07, 6.45) is 23.8. The average molecular weight is 268 g/mol. The Morgan fingerprint density at radius 2 is 0.842 bits per heavy atom. The molecule has 0 aromatic rings. The fourth-order valence-corrected chi connectivity index (χ4v) is 2.62. The second kappa shape index (κ2) is 17.7. The fraction of sp³-hybridized carbons (Fsp3) is 0.944. The monoisotopic (exact) mass is 267 g/mol. The Morgan fingerprint density at radius 3 is 1.16 bits per heavy atom. The minimum Gasteiger partial charge on any atom is -0.313 e. The van der Waals surface area contributed by atoms with Crippen LogP contribution in [0.1, 0.15) is 110 Å². The highest BCUT2D eigenvalue weighted by molar-refractivity contribution is 5.52. The van der Waals surface area contributed by atoms with E-state index >= 15 is 0 Å². The van der Waals surface area contributed by atoms with Crippen molar-refractivity contribution >= 4 is 6.21 Å². The maximum atomic E-state index is 6.95. The predicted molar refractivity (Wildman–Crippen MR) is 88.3 cm³/mol. The number of nitrogens with one attached hydrogen (secondary N) is 1. The van der Waals surface area contributed by atoms with E-state index in [2.05, 4.69) is 6.92 Å². The van der Waals surface area contributed by atoms with Gasteiger partial charge in [0.05, 0.1) is 0 Å². The van der Waals surface area contributed by atoms with Gasteiger partial charge in [0.1, 0.15) is 0 Å². The second-order valence-corrected chi connectivity index (χ2v) is 5.94. The van der Waals surface area contributed by atoms with Crippen LogP contribution in [0, 0.1) is 5.41 Å². The maximum absolute atomic E-state index is 6.95. The van der Waals surface area contributed by atoms with Crippen LogP contribution in [0.15, 0.2) is 0 Å². The standard InChI is InChI=1S/C18H37N/c1-2-3-4-5-6-7-8-9-10-11-12-13-14-15-16-17-18-19/h18-19H,2-17H2,1H3. The Labute approximate surface area is 122 Å². The SMILES string of the molecule is CCCCCCCCCCCCCCCCCC=N. The number of hydrogen-bond acceptors (Lipinski definition) is 1. The minimum atomic E-state index is 0.984. The van der Waals surface area contributed by atoms with Gasteiger partial charge >= 0.3 is 0 Å². The molecule has 114 valence electrons. The van der Waals surface area contributed by atoms with Crippen LogP contribution in [-0.2, 0) is 0 Å². The summed E-state index contributed by atoms with van der Waals surface area (Å²) < 4.78 is 0. The molecule has 0 rings (SSSR count). The smallest absolute Gasteiger partial charge is 0.00477 e. The highest BCUT2D eigenvalue weighted by Gasteiger charge is 1.93. The van der Waals surface area contributed by atoms with E-state index in [9.17, 15) is 0 Å². The lowest BCUT2D eigenvalue weighted by Gasteiger charge is -2.03. The Hall–Kier alpha value is -0.330. The predicted octanol–water partition coefficient (Wildman–Crippen LogP) is 6.90. The molecule has 1 nitrogen and oxygen atoms in total. The Kier molecular flexibility index (Phi) is 17.4. The van der Waals surface area contributed by atoms with Gasteiger partial charge in [0.2, 0.25) is 0 Å². The van der Waals surface area contributed by atoms with Crippen molar-refractivity contribution < 1.29 is 0 Å². The molecule has 1 N–H and O–H groups in total. The second-order valence-electron chi connectivity index (χ2n) is 5.94. The van der Waals surface area contributed by atoms with Crippen molar-refractivity contribution in [1.82, 2.24) is 0 Å². The quantitative estimate of drug-likeness (QED) is 0.232. The molecule has 0 heterocycles. The lowest BCUT2D eigenvalue weighted by molar-refractivity contribution is 0.533. The molecule has 0 aromatic heterocycles. The first-order chi connectivity index (χ1) is 9.41. The molecule has 0 amide bonds. The fourth-order valence-electron chi connectivity index (χ4n) is 2.62. The molecule has 0 saturated carbocycles. The van der Waals surface area contributed by atoms with Crippen LogP contribution in [0.25, 0.3) is 0 Å². The highest BCUT2D eigenvalue weighted by atomic mass is 14.3. The summed E-state index contributed by atoms with van der Waals surface area (Å²) in [5, 5.41) is 6.95. The molecule has 0 aliphatic rings. The number of hydrogen-bond donors (Lipinski definition) is 1. The van der Waals surface area contributed by atoms with E-state index in [-0.39, 0.29) is 0 Å². The normalized spacial score (nSPS) is 10.8. The van der Waals surface area contributed by atoms with E-state index in [4.69, 9.17) is 5.41 Å². The van der Waals surface area contributed by atoms with Gasteiger partial charge in [-0.05, 0) is 19.1 Å². The largest absolute Gasteiger partial charge is 0.313 e. The third-order valence-electron chi connectivity index (χ3n) is 3.95. The zero-order valence-electron chi connectivity index (χ0n) is 13.4. The zero-order chi connectivity index (χ0) is 14.0. The van der Waals surface area contributed by atoms with Crippen LogP contribution in [-0.4, -0.2) is 6.21 Å². The summed E-state index contributed by atoms with van der Waals surface area (Å²) in [6, 6.07) is 0. The molecule has 1 heteroatoms. The van der Waals surface area contributed by atoms with Gasteiger partial charge in [0.25, 0.3) is 0 Å². The molecule has 0 aliphatic heterocycles. The Balaban J connectivity index is 2.89. The van der Waals surface area contributed by atoms with Crippen molar-refractivity contribution in [1.29, 1.82) is 5.41 Å². The summed E-state index contributed by atoms with van der Waals surface area (Å²) in [6.45, 7) is 2.29. The van der Waals surface area contributed by atoms with Crippen molar-refractivity contribution in [3.05, 3.63) is 0 Å². The lowest BCUT2D eigenvalue weighted by atomic mass is 10.0. The lowest BCUT2D eigenvalue weighted by Crippen LogP contribution is -1.83. The topological polar surface area (TPSA) is 23.9 Å². The van der Waals surface area contributed by atoms with Crippen molar-refractivity contribution in [2.24, 2.45) is 0 Å². The summed E-state index contributed by atoms with van der Waals surface area (Å²) >= 11 is 0. The summed E-state index contributed by atoms with van der Waals surface area (Å²) in [4.78, 5) is 0. The molecule has 0 bridgehead atoms. The molecule has 0 saturated heterocycles. The Bertz CT molecular complexity index is 165. The zero-order valence-corrected chi connectivity index (χ0v) is 13.4. The molecular weight excluding hydrogens is 230 g/mol. The van der Waals surface area contributed by atoms with Crippen molar-refractivity contribution in [2.45, 2.75) is 110 Å². The van der Waals surface area contributed by atoms with E-state index < -0.39 is 0 Å².